The van der Waals surface area contributed by atoms with Crippen molar-refractivity contribution >= 4 is 11.5 Å². The maximum Gasteiger partial charge on any atom is 0.180 e. The number of fused-ring (bicyclic) bond motifs is 1. The number of hydrogen-bond acceptors (Lipinski definition) is 6. The molecule has 0 N–H and O–H groups in total. The van der Waals surface area contributed by atoms with Gasteiger partial charge in [0.25, 0.3) is 0 Å². The number of imidazole rings is 1. The highest BCUT2D eigenvalue weighted by atomic mass is 16.5. The molecule has 8 nitrogen and oxygen atoms in total. The van der Waals surface area contributed by atoms with E-state index in [9.17, 15) is 0 Å². The number of methoxy groups -OCH3 is 1. The van der Waals surface area contributed by atoms with Crippen molar-refractivity contribution in [3.8, 4) is 17.0 Å². The topological polar surface area (TPSA) is 63.7 Å². The predicted molar refractivity (Wildman–Crippen MR) is 116 cm³/mol. The van der Waals surface area contributed by atoms with E-state index in [4.69, 9.17) is 9.72 Å². The lowest BCUT2D eigenvalue weighted by Gasteiger charge is -2.35. The standard InChI is InChI=1S/C22H25N7O/c1-26-15-17(13-25-26)16-27-8-10-28(11-9-27)21-22-24-14-20(29(22)7-6-23-21)18-4-3-5-19(12-18)30-2/h3-7,12-15H,8-11,16H2,1-2H3. The summed E-state index contributed by atoms with van der Waals surface area (Å²) in [5, 5.41) is 4.27. The highest BCUT2D eigenvalue weighted by Gasteiger charge is 2.21. The van der Waals surface area contributed by atoms with Crippen molar-refractivity contribution in [3.05, 3.63) is 60.8 Å². The molecule has 1 fully saturated rings. The average molecular weight is 403 g/mol. The molecule has 0 unspecified atom stereocenters. The minimum absolute atomic E-state index is 0.835. The first-order chi connectivity index (χ1) is 14.7. The number of piperazine rings is 1. The number of anilines is 1. The molecule has 0 amide bonds. The maximum absolute atomic E-state index is 5.38. The summed E-state index contributed by atoms with van der Waals surface area (Å²) >= 11 is 0. The third-order valence-electron chi connectivity index (χ3n) is 5.61. The highest BCUT2D eigenvalue weighted by Crippen LogP contribution is 2.28. The second-order valence-corrected chi connectivity index (χ2v) is 7.61. The lowest BCUT2D eigenvalue weighted by atomic mass is 10.1. The van der Waals surface area contributed by atoms with E-state index < -0.39 is 0 Å². The van der Waals surface area contributed by atoms with E-state index in [0.29, 0.717) is 0 Å². The summed E-state index contributed by atoms with van der Waals surface area (Å²) in [6.45, 7) is 4.76. The number of aryl methyl sites for hydroxylation is 1. The van der Waals surface area contributed by atoms with Gasteiger partial charge < -0.3 is 9.64 Å². The van der Waals surface area contributed by atoms with Crippen molar-refractivity contribution in [2.45, 2.75) is 6.54 Å². The van der Waals surface area contributed by atoms with Gasteiger partial charge in [0.2, 0.25) is 0 Å². The highest BCUT2D eigenvalue weighted by molar-refractivity contribution is 5.72. The van der Waals surface area contributed by atoms with Gasteiger partial charge in [0.05, 0.1) is 25.2 Å². The number of ether oxygens (including phenoxy) is 1. The molecule has 0 aliphatic carbocycles. The van der Waals surface area contributed by atoms with Gasteiger partial charge in [-0.05, 0) is 12.1 Å². The lowest BCUT2D eigenvalue weighted by Crippen LogP contribution is -2.46. The van der Waals surface area contributed by atoms with E-state index in [1.54, 1.807) is 7.11 Å². The Kier molecular flexibility index (Phi) is 4.84. The zero-order valence-electron chi connectivity index (χ0n) is 17.3. The normalized spacial score (nSPS) is 15.1. The Balaban J connectivity index is 1.36. The van der Waals surface area contributed by atoms with Crippen LogP contribution in [0.5, 0.6) is 5.75 Å². The molecule has 0 radical (unpaired) electrons. The Morgan fingerprint density at radius 3 is 2.70 bits per heavy atom. The Hall–Kier alpha value is -3.39. The zero-order chi connectivity index (χ0) is 20.5. The first-order valence-corrected chi connectivity index (χ1v) is 10.1. The Morgan fingerprint density at radius 1 is 1.07 bits per heavy atom. The summed E-state index contributed by atoms with van der Waals surface area (Å²) in [6, 6.07) is 8.05. The minimum Gasteiger partial charge on any atom is -0.497 e. The van der Waals surface area contributed by atoms with Crippen molar-refractivity contribution < 1.29 is 4.74 Å². The van der Waals surface area contributed by atoms with Gasteiger partial charge in [-0.2, -0.15) is 5.10 Å². The van der Waals surface area contributed by atoms with Crippen LogP contribution in [0, 0.1) is 0 Å². The first-order valence-electron chi connectivity index (χ1n) is 10.1. The Labute approximate surface area is 175 Å². The van der Waals surface area contributed by atoms with Gasteiger partial charge in [0.15, 0.2) is 11.5 Å². The Bertz CT molecular complexity index is 1160. The molecule has 0 spiro atoms. The lowest BCUT2D eigenvalue weighted by molar-refractivity contribution is 0.249. The van der Waals surface area contributed by atoms with E-state index >= 15 is 0 Å². The van der Waals surface area contributed by atoms with E-state index in [1.807, 2.05) is 54.7 Å². The summed E-state index contributed by atoms with van der Waals surface area (Å²) in [4.78, 5) is 14.2. The van der Waals surface area contributed by atoms with Crippen molar-refractivity contribution in [2.24, 2.45) is 7.05 Å². The van der Waals surface area contributed by atoms with Crippen LogP contribution in [0.2, 0.25) is 0 Å². The quantitative estimate of drug-likeness (QED) is 0.510. The zero-order valence-corrected chi connectivity index (χ0v) is 17.3. The molecule has 1 saturated heterocycles. The summed E-state index contributed by atoms with van der Waals surface area (Å²) < 4.78 is 9.34. The van der Waals surface area contributed by atoms with Crippen LogP contribution in [0.4, 0.5) is 5.82 Å². The van der Waals surface area contributed by atoms with Crippen LogP contribution in [0.15, 0.2) is 55.2 Å². The second kappa shape index (κ2) is 7.79. The van der Waals surface area contributed by atoms with E-state index in [0.717, 1.165) is 61.2 Å². The van der Waals surface area contributed by atoms with Gasteiger partial charge in [-0.25, -0.2) is 9.97 Å². The molecule has 3 aromatic heterocycles. The molecule has 1 aromatic carbocycles. The van der Waals surface area contributed by atoms with Gasteiger partial charge in [0.1, 0.15) is 5.75 Å². The molecule has 0 bridgehead atoms. The second-order valence-electron chi connectivity index (χ2n) is 7.61. The predicted octanol–water partition coefficient (Wildman–Crippen LogP) is 2.46. The molecule has 0 saturated carbocycles. The largest absolute Gasteiger partial charge is 0.497 e. The molecule has 154 valence electrons. The van der Waals surface area contributed by atoms with Crippen molar-refractivity contribution in [2.75, 3.05) is 38.2 Å². The molecule has 1 aliphatic rings. The van der Waals surface area contributed by atoms with E-state index in [-0.39, 0.29) is 0 Å². The van der Waals surface area contributed by atoms with Gasteiger partial charge in [-0.3, -0.25) is 14.0 Å². The number of rotatable bonds is 5. The number of benzene rings is 1. The smallest absolute Gasteiger partial charge is 0.180 e. The molecule has 4 aromatic rings. The fourth-order valence-corrected chi connectivity index (χ4v) is 4.05. The summed E-state index contributed by atoms with van der Waals surface area (Å²) in [5.74, 6) is 1.77. The van der Waals surface area contributed by atoms with E-state index in [1.165, 1.54) is 5.56 Å². The Morgan fingerprint density at radius 2 is 1.93 bits per heavy atom. The van der Waals surface area contributed by atoms with Crippen molar-refractivity contribution in [3.63, 3.8) is 0 Å². The van der Waals surface area contributed by atoms with Crippen LogP contribution in [0.3, 0.4) is 0 Å². The number of aromatic nitrogens is 5. The summed E-state index contributed by atoms with van der Waals surface area (Å²) in [5.41, 5.74) is 4.24. The van der Waals surface area contributed by atoms with Crippen molar-refractivity contribution in [1.29, 1.82) is 0 Å². The number of nitrogens with zero attached hydrogens (tertiary/aromatic N) is 7. The third kappa shape index (κ3) is 3.50. The SMILES string of the molecule is COc1cccc(-c2cnc3c(N4CCN(Cc5cnn(C)c5)CC4)nccn23)c1. The monoisotopic (exact) mass is 403 g/mol. The van der Waals surface area contributed by atoms with Crippen molar-refractivity contribution in [1.82, 2.24) is 29.0 Å². The molecular weight excluding hydrogens is 378 g/mol. The maximum atomic E-state index is 5.38. The molecule has 1 aliphatic heterocycles. The number of hydrogen-bond donors (Lipinski definition) is 0. The summed E-state index contributed by atoms with van der Waals surface area (Å²) in [7, 11) is 3.64. The van der Waals surface area contributed by atoms with Crippen LogP contribution in [-0.4, -0.2) is 62.3 Å². The summed E-state index contributed by atoms with van der Waals surface area (Å²) in [6.07, 6.45) is 9.77. The van der Waals surface area contributed by atoms with E-state index in [2.05, 4.69) is 36.5 Å². The average Bonchev–Trinajstić information content (AvgIpc) is 3.40. The van der Waals surface area contributed by atoms with Gasteiger partial charge >= 0.3 is 0 Å². The molecule has 30 heavy (non-hydrogen) atoms. The minimum atomic E-state index is 0.835. The van der Waals surface area contributed by atoms with Gasteiger partial charge in [-0.15, -0.1) is 0 Å². The molecular formula is C22H25N7O. The van der Waals surface area contributed by atoms with Crippen LogP contribution in [0.1, 0.15) is 5.56 Å². The fraction of sp³-hybridized carbons (Fsp3) is 0.318. The third-order valence-corrected chi connectivity index (χ3v) is 5.61. The molecule has 0 atom stereocenters. The first kappa shape index (κ1) is 18.6. The van der Waals surface area contributed by atoms with Gasteiger partial charge in [0, 0.05) is 69.5 Å². The van der Waals surface area contributed by atoms with Crippen LogP contribution in [0.25, 0.3) is 16.9 Å². The fourth-order valence-electron chi connectivity index (χ4n) is 4.05. The van der Waals surface area contributed by atoms with Gasteiger partial charge in [-0.1, -0.05) is 12.1 Å². The molecule has 5 rings (SSSR count). The van der Waals surface area contributed by atoms with Crippen LogP contribution < -0.4 is 9.64 Å². The van der Waals surface area contributed by atoms with Crippen LogP contribution in [-0.2, 0) is 13.6 Å². The molecule has 8 heteroatoms. The molecule has 4 heterocycles. The van der Waals surface area contributed by atoms with Crippen LogP contribution >= 0.6 is 0 Å².